The molecule has 1 fully saturated rings. The second kappa shape index (κ2) is 5.16. The van der Waals surface area contributed by atoms with Crippen molar-refractivity contribution in [3.63, 3.8) is 0 Å². The highest BCUT2D eigenvalue weighted by molar-refractivity contribution is 8.00. The first kappa shape index (κ1) is 10.5. The van der Waals surface area contributed by atoms with Crippen LogP contribution in [0.15, 0.2) is 17.5 Å². The van der Waals surface area contributed by atoms with Gasteiger partial charge in [-0.3, -0.25) is 0 Å². The Kier molecular flexibility index (Phi) is 3.87. The smallest absolute Gasteiger partial charge is 0.0449 e. The molecule has 78 valence electrons. The van der Waals surface area contributed by atoms with Crippen molar-refractivity contribution in [2.24, 2.45) is 0 Å². The van der Waals surface area contributed by atoms with Crippen LogP contribution in [0, 0.1) is 0 Å². The number of aliphatic hydroxyl groups is 1. The largest absolute Gasteiger partial charge is 0.396 e. The minimum atomic E-state index is 0.259. The van der Waals surface area contributed by atoms with Crippen molar-refractivity contribution in [2.75, 3.05) is 18.1 Å². The van der Waals surface area contributed by atoms with E-state index >= 15 is 0 Å². The van der Waals surface area contributed by atoms with Gasteiger partial charge in [-0.25, -0.2) is 0 Å². The maximum absolute atomic E-state index is 9.00. The van der Waals surface area contributed by atoms with Gasteiger partial charge in [0, 0.05) is 35.1 Å². The molecule has 0 radical (unpaired) electrons. The molecule has 1 aromatic rings. The Morgan fingerprint density at radius 3 is 2.93 bits per heavy atom. The maximum atomic E-state index is 9.00. The van der Waals surface area contributed by atoms with Crippen LogP contribution >= 0.6 is 23.1 Å². The molecule has 2 heterocycles. The first-order valence-corrected chi connectivity index (χ1v) is 6.91. The van der Waals surface area contributed by atoms with Crippen LogP contribution in [-0.4, -0.2) is 29.3 Å². The number of nitrogens with one attached hydrogen (secondary N) is 1. The van der Waals surface area contributed by atoms with E-state index in [9.17, 15) is 0 Å². The highest BCUT2D eigenvalue weighted by atomic mass is 32.2. The zero-order chi connectivity index (χ0) is 9.80. The molecule has 1 atom stereocenters. The number of rotatable bonds is 5. The summed E-state index contributed by atoms with van der Waals surface area (Å²) in [6.07, 6.45) is 0.821. The van der Waals surface area contributed by atoms with Crippen molar-refractivity contribution in [3.05, 3.63) is 22.4 Å². The molecule has 2 nitrogen and oxygen atoms in total. The summed E-state index contributed by atoms with van der Waals surface area (Å²) in [4.78, 5) is 1.34. The normalized spacial score (nSPS) is 19.2. The van der Waals surface area contributed by atoms with E-state index in [4.69, 9.17) is 5.11 Å². The molecular weight excluding hydrogens is 214 g/mol. The van der Waals surface area contributed by atoms with Crippen LogP contribution in [-0.2, 0) is 0 Å². The van der Waals surface area contributed by atoms with Gasteiger partial charge in [-0.05, 0) is 17.9 Å². The predicted molar refractivity (Wildman–Crippen MR) is 63.0 cm³/mol. The molecule has 0 bridgehead atoms. The molecule has 1 unspecified atom stereocenters. The number of thiophene rings is 1. The topological polar surface area (TPSA) is 32.3 Å². The van der Waals surface area contributed by atoms with E-state index in [1.165, 1.54) is 16.4 Å². The third-order valence-corrected chi connectivity index (χ3v) is 4.64. The summed E-state index contributed by atoms with van der Waals surface area (Å²) in [6, 6.07) is 5.22. The molecule has 0 amide bonds. The number of thioether (sulfide) groups is 1. The van der Waals surface area contributed by atoms with Crippen LogP contribution in [0.2, 0.25) is 0 Å². The molecule has 2 N–H and O–H groups in total. The summed E-state index contributed by atoms with van der Waals surface area (Å²) in [6.45, 7) is 0.259. The average molecular weight is 229 g/mol. The van der Waals surface area contributed by atoms with Crippen LogP contribution in [0.5, 0.6) is 0 Å². The fourth-order valence-electron chi connectivity index (χ4n) is 1.54. The SMILES string of the molecule is OCCC(NC1CSC1)c1cccs1. The van der Waals surface area contributed by atoms with Crippen molar-refractivity contribution < 1.29 is 5.11 Å². The summed E-state index contributed by atoms with van der Waals surface area (Å²) in [5.74, 6) is 2.43. The Labute approximate surface area is 92.7 Å². The molecule has 0 saturated carbocycles. The van der Waals surface area contributed by atoms with Gasteiger partial charge in [-0.15, -0.1) is 11.3 Å². The van der Waals surface area contributed by atoms with E-state index in [0.717, 1.165) is 6.42 Å². The van der Waals surface area contributed by atoms with Crippen molar-refractivity contribution in [1.29, 1.82) is 0 Å². The van der Waals surface area contributed by atoms with E-state index in [0.29, 0.717) is 12.1 Å². The van der Waals surface area contributed by atoms with Crippen LogP contribution in [0.25, 0.3) is 0 Å². The Morgan fingerprint density at radius 1 is 1.57 bits per heavy atom. The summed E-state index contributed by atoms with van der Waals surface area (Å²) in [5, 5.41) is 14.7. The minimum absolute atomic E-state index is 0.259. The number of hydrogen-bond donors (Lipinski definition) is 2. The molecular formula is C10H15NOS2. The van der Waals surface area contributed by atoms with Gasteiger partial charge in [0.2, 0.25) is 0 Å². The maximum Gasteiger partial charge on any atom is 0.0449 e. The lowest BCUT2D eigenvalue weighted by molar-refractivity contribution is 0.262. The molecule has 1 saturated heterocycles. The number of aliphatic hydroxyl groups excluding tert-OH is 1. The van der Waals surface area contributed by atoms with E-state index in [2.05, 4.69) is 22.8 Å². The third-order valence-electron chi connectivity index (χ3n) is 2.38. The fourth-order valence-corrected chi connectivity index (χ4v) is 3.03. The zero-order valence-electron chi connectivity index (χ0n) is 7.98. The lowest BCUT2D eigenvalue weighted by atomic mass is 10.1. The highest BCUT2D eigenvalue weighted by Gasteiger charge is 2.22. The van der Waals surface area contributed by atoms with E-state index in [-0.39, 0.29) is 6.61 Å². The second-order valence-corrected chi connectivity index (χ2v) is 5.54. The fraction of sp³-hybridized carbons (Fsp3) is 0.600. The Bertz CT molecular complexity index is 259. The average Bonchev–Trinajstić information content (AvgIpc) is 2.61. The molecule has 14 heavy (non-hydrogen) atoms. The lowest BCUT2D eigenvalue weighted by Gasteiger charge is -2.30. The lowest BCUT2D eigenvalue weighted by Crippen LogP contribution is -2.42. The molecule has 0 spiro atoms. The van der Waals surface area contributed by atoms with Gasteiger partial charge < -0.3 is 10.4 Å². The predicted octanol–water partition coefficient (Wildman–Crippen LogP) is 1.88. The monoisotopic (exact) mass is 229 g/mol. The Morgan fingerprint density at radius 2 is 2.43 bits per heavy atom. The molecule has 2 rings (SSSR count). The molecule has 0 aliphatic carbocycles. The van der Waals surface area contributed by atoms with Crippen molar-refractivity contribution >= 4 is 23.1 Å². The molecule has 1 aliphatic heterocycles. The second-order valence-electron chi connectivity index (χ2n) is 3.48. The van der Waals surface area contributed by atoms with Gasteiger partial charge >= 0.3 is 0 Å². The van der Waals surface area contributed by atoms with Crippen LogP contribution in [0.1, 0.15) is 17.3 Å². The van der Waals surface area contributed by atoms with Crippen molar-refractivity contribution in [3.8, 4) is 0 Å². The third kappa shape index (κ3) is 2.51. The van der Waals surface area contributed by atoms with E-state index in [1.54, 1.807) is 11.3 Å². The summed E-state index contributed by atoms with van der Waals surface area (Å²) >= 11 is 3.75. The standard InChI is InChI=1S/C10H15NOS2/c12-4-3-9(10-2-1-5-14-10)11-8-6-13-7-8/h1-2,5,8-9,11-12H,3-4,6-7H2. The Balaban J connectivity index is 1.92. The summed E-state index contributed by atoms with van der Waals surface area (Å²) in [7, 11) is 0. The molecule has 1 aliphatic rings. The van der Waals surface area contributed by atoms with Crippen molar-refractivity contribution in [2.45, 2.75) is 18.5 Å². The van der Waals surface area contributed by atoms with Gasteiger partial charge in [0.05, 0.1) is 0 Å². The van der Waals surface area contributed by atoms with Gasteiger partial charge in [-0.1, -0.05) is 6.07 Å². The van der Waals surface area contributed by atoms with Crippen LogP contribution < -0.4 is 5.32 Å². The van der Waals surface area contributed by atoms with E-state index in [1.807, 2.05) is 11.8 Å². The quantitative estimate of drug-likeness (QED) is 0.808. The summed E-state index contributed by atoms with van der Waals surface area (Å²) in [5.41, 5.74) is 0. The van der Waals surface area contributed by atoms with Crippen LogP contribution in [0.4, 0.5) is 0 Å². The minimum Gasteiger partial charge on any atom is -0.396 e. The van der Waals surface area contributed by atoms with Crippen molar-refractivity contribution in [1.82, 2.24) is 5.32 Å². The summed E-state index contributed by atoms with van der Waals surface area (Å²) < 4.78 is 0. The molecule has 0 aromatic carbocycles. The first-order chi connectivity index (χ1) is 6.90. The highest BCUT2D eigenvalue weighted by Crippen LogP contribution is 2.26. The Hall–Kier alpha value is -0.0300. The van der Waals surface area contributed by atoms with Crippen LogP contribution in [0.3, 0.4) is 0 Å². The first-order valence-electron chi connectivity index (χ1n) is 4.88. The number of hydrogen-bond acceptors (Lipinski definition) is 4. The van der Waals surface area contributed by atoms with Gasteiger partial charge in [-0.2, -0.15) is 11.8 Å². The molecule has 1 aromatic heterocycles. The zero-order valence-corrected chi connectivity index (χ0v) is 9.61. The van der Waals surface area contributed by atoms with E-state index < -0.39 is 0 Å². The molecule has 4 heteroatoms. The van der Waals surface area contributed by atoms with Gasteiger partial charge in [0.1, 0.15) is 0 Å². The van der Waals surface area contributed by atoms with Gasteiger partial charge in [0.25, 0.3) is 0 Å². The van der Waals surface area contributed by atoms with Gasteiger partial charge in [0.15, 0.2) is 0 Å².